The van der Waals surface area contributed by atoms with Gasteiger partial charge in [0.1, 0.15) is 11.5 Å². The number of methoxy groups -OCH3 is 2. The maximum absolute atomic E-state index is 12.6. The SMILES string of the molecule is COc1ccc(CCC(=O)N2CCC[C@@H](Nc3ccc(OC)cc3)C2)cc1. The largest absolute Gasteiger partial charge is 0.497 e. The highest BCUT2D eigenvalue weighted by Crippen LogP contribution is 2.20. The molecule has 5 heteroatoms. The van der Waals surface area contributed by atoms with Crippen molar-refractivity contribution in [2.75, 3.05) is 32.6 Å². The Kier molecular flexibility index (Phi) is 6.58. The second-order valence-electron chi connectivity index (χ2n) is 6.90. The lowest BCUT2D eigenvalue weighted by Gasteiger charge is -2.34. The molecular formula is C22H28N2O3. The molecule has 2 aromatic carbocycles. The van der Waals surface area contributed by atoms with Crippen molar-refractivity contribution in [1.29, 1.82) is 0 Å². The van der Waals surface area contributed by atoms with Gasteiger partial charge in [0.25, 0.3) is 0 Å². The number of hydrogen-bond donors (Lipinski definition) is 1. The Morgan fingerprint density at radius 2 is 1.67 bits per heavy atom. The van der Waals surface area contributed by atoms with Gasteiger partial charge in [0.2, 0.25) is 5.91 Å². The number of rotatable bonds is 7. The van der Waals surface area contributed by atoms with Crippen LogP contribution < -0.4 is 14.8 Å². The van der Waals surface area contributed by atoms with Crippen molar-refractivity contribution >= 4 is 11.6 Å². The molecule has 1 heterocycles. The third-order valence-corrected chi connectivity index (χ3v) is 5.02. The lowest BCUT2D eigenvalue weighted by molar-refractivity contribution is -0.132. The molecule has 1 saturated heterocycles. The average Bonchev–Trinajstić information content (AvgIpc) is 2.73. The van der Waals surface area contributed by atoms with Gasteiger partial charge >= 0.3 is 0 Å². The van der Waals surface area contributed by atoms with E-state index in [2.05, 4.69) is 5.32 Å². The molecule has 0 radical (unpaired) electrons. The Labute approximate surface area is 161 Å². The molecule has 1 N–H and O–H groups in total. The van der Waals surface area contributed by atoms with Gasteiger partial charge in [-0.15, -0.1) is 0 Å². The molecule has 1 amide bonds. The van der Waals surface area contributed by atoms with Gasteiger partial charge in [0.15, 0.2) is 0 Å². The van der Waals surface area contributed by atoms with E-state index in [4.69, 9.17) is 9.47 Å². The number of piperidine rings is 1. The van der Waals surface area contributed by atoms with Gasteiger partial charge in [-0.05, 0) is 61.2 Å². The number of carbonyl (C=O) groups is 1. The van der Waals surface area contributed by atoms with E-state index in [0.717, 1.165) is 55.1 Å². The fourth-order valence-electron chi connectivity index (χ4n) is 3.45. The standard InChI is InChI=1S/C22H28N2O3/c1-26-20-10-5-17(6-11-20)7-14-22(25)24-15-3-4-19(16-24)23-18-8-12-21(27-2)13-9-18/h5-6,8-13,19,23H,3-4,7,14-16H2,1-2H3/t19-/m1/s1. The molecule has 1 atom stereocenters. The smallest absolute Gasteiger partial charge is 0.222 e. The highest BCUT2D eigenvalue weighted by Gasteiger charge is 2.23. The van der Waals surface area contributed by atoms with Crippen molar-refractivity contribution in [2.45, 2.75) is 31.7 Å². The van der Waals surface area contributed by atoms with Gasteiger partial charge in [-0.2, -0.15) is 0 Å². The van der Waals surface area contributed by atoms with Crippen molar-refractivity contribution < 1.29 is 14.3 Å². The van der Waals surface area contributed by atoms with Crippen LogP contribution in [0.2, 0.25) is 0 Å². The second-order valence-corrected chi connectivity index (χ2v) is 6.90. The highest BCUT2D eigenvalue weighted by molar-refractivity contribution is 5.76. The van der Waals surface area contributed by atoms with Crippen LogP contribution in [-0.4, -0.2) is 44.2 Å². The number of nitrogens with one attached hydrogen (secondary N) is 1. The van der Waals surface area contributed by atoms with Crippen LogP contribution in [0.4, 0.5) is 5.69 Å². The summed E-state index contributed by atoms with van der Waals surface area (Å²) in [5.74, 6) is 1.92. The maximum atomic E-state index is 12.6. The minimum absolute atomic E-state index is 0.229. The van der Waals surface area contributed by atoms with E-state index in [0.29, 0.717) is 6.42 Å². The minimum Gasteiger partial charge on any atom is -0.497 e. The average molecular weight is 368 g/mol. The van der Waals surface area contributed by atoms with Crippen LogP contribution in [0.1, 0.15) is 24.8 Å². The zero-order valence-corrected chi connectivity index (χ0v) is 16.1. The van der Waals surface area contributed by atoms with E-state index in [9.17, 15) is 4.79 Å². The van der Waals surface area contributed by atoms with Crippen LogP contribution in [0.15, 0.2) is 48.5 Å². The normalized spacial score (nSPS) is 16.7. The van der Waals surface area contributed by atoms with Gasteiger partial charge < -0.3 is 19.7 Å². The van der Waals surface area contributed by atoms with Gasteiger partial charge in [0.05, 0.1) is 14.2 Å². The molecule has 0 saturated carbocycles. The van der Waals surface area contributed by atoms with Crippen molar-refractivity contribution in [3.05, 3.63) is 54.1 Å². The number of anilines is 1. The number of aryl methyl sites for hydroxylation is 1. The number of carbonyl (C=O) groups excluding carboxylic acids is 1. The van der Waals surface area contributed by atoms with E-state index < -0.39 is 0 Å². The Morgan fingerprint density at radius 1 is 1.04 bits per heavy atom. The fraction of sp³-hybridized carbons (Fsp3) is 0.409. The minimum atomic E-state index is 0.229. The van der Waals surface area contributed by atoms with E-state index in [1.165, 1.54) is 0 Å². The zero-order chi connectivity index (χ0) is 19.1. The van der Waals surface area contributed by atoms with Gasteiger partial charge in [-0.25, -0.2) is 0 Å². The molecule has 0 aliphatic carbocycles. The highest BCUT2D eigenvalue weighted by atomic mass is 16.5. The van der Waals surface area contributed by atoms with Crippen LogP contribution >= 0.6 is 0 Å². The molecule has 1 aliphatic heterocycles. The van der Waals surface area contributed by atoms with E-state index in [-0.39, 0.29) is 11.9 Å². The Hall–Kier alpha value is -2.69. The summed E-state index contributed by atoms with van der Waals surface area (Å²) in [6.07, 6.45) is 3.41. The Morgan fingerprint density at radius 3 is 2.30 bits per heavy atom. The second kappa shape index (κ2) is 9.31. The summed E-state index contributed by atoms with van der Waals surface area (Å²) in [6.45, 7) is 1.61. The fourth-order valence-corrected chi connectivity index (χ4v) is 3.45. The van der Waals surface area contributed by atoms with Crippen LogP contribution in [0, 0.1) is 0 Å². The van der Waals surface area contributed by atoms with Gasteiger partial charge in [-0.3, -0.25) is 4.79 Å². The molecule has 0 spiro atoms. The topological polar surface area (TPSA) is 50.8 Å². The lowest BCUT2D eigenvalue weighted by atomic mass is 10.0. The number of benzene rings is 2. The molecule has 0 unspecified atom stereocenters. The lowest BCUT2D eigenvalue weighted by Crippen LogP contribution is -2.45. The number of amides is 1. The van der Waals surface area contributed by atoms with Crippen molar-refractivity contribution in [1.82, 2.24) is 4.90 Å². The Bertz CT molecular complexity index is 728. The monoisotopic (exact) mass is 368 g/mol. The van der Waals surface area contributed by atoms with Gasteiger partial charge in [-0.1, -0.05) is 12.1 Å². The third-order valence-electron chi connectivity index (χ3n) is 5.02. The summed E-state index contributed by atoms with van der Waals surface area (Å²) >= 11 is 0. The molecule has 144 valence electrons. The third kappa shape index (κ3) is 5.39. The molecule has 0 aromatic heterocycles. The number of likely N-dealkylation sites (tertiary alicyclic amines) is 1. The molecule has 2 aromatic rings. The first-order valence-corrected chi connectivity index (χ1v) is 9.49. The first kappa shape index (κ1) is 19.1. The van der Waals surface area contributed by atoms with Crippen molar-refractivity contribution in [2.24, 2.45) is 0 Å². The summed E-state index contributed by atoms with van der Waals surface area (Å²) in [7, 11) is 3.32. The van der Waals surface area contributed by atoms with E-state index in [1.807, 2.05) is 53.4 Å². The summed E-state index contributed by atoms with van der Waals surface area (Å²) in [5, 5.41) is 3.54. The van der Waals surface area contributed by atoms with E-state index in [1.54, 1.807) is 14.2 Å². The molecule has 3 rings (SSSR count). The molecule has 5 nitrogen and oxygen atoms in total. The van der Waals surface area contributed by atoms with Crippen LogP contribution in [0.25, 0.3) is 0 Å². The summed E-state index contributed by atoms with van der Waals surface area (Å²) in [6, 6.07) is 16.1. The summed E-state index contributed by atoms with van der Waals surface area (Å²) in [5.41, 5.74) is 2.22. The van der Waals surface area contributed by atoms with Crippen molar-refractivity contribution in [3.8, 4) is 11.5 Å². The van der Waals surface area contributed by atoms with Crippen LogP contribution in [-0.2, 0) is 11.2 Å². The van der Waals surface area contributed by atoms with Crippen LogP contribution in [0.5, 0.6) is 11.5 Å². The van der Waals surface area contributed by atoms with Gasteiger partial charge in [0, 0.05) is 31.2 Å². The first-order valence-electron chi connectivity index (χ1n) is 9.49. The summed E-state index contributed by atoms with van der Waals surface area (Å²) in [4.78, 5) is 14.6. The molecular weight excluding hydrogens is 340 g/mol. The van der Waals surface area contributed by atoms with Crippen LogP contribution in [0.3, 0.4) is 0 Å². The number of ether oxygens (including phenoxy) is 2. The predicted molar refractivity (Wildman–Crippen MR) is 108 cm³/mol. The molecule has 0 bridgehead atoms. The molecule has 1 aliphatic rings. The Balaban J connectivity index is 1.49. The summed E-state index contributed by atoms with van der Waals surface area (Å²) < 4.78 is 10.4. The maximum Gasteiger partial charge on any atom is 0.222 e. The predicted octanol–water partition coefficient (Wildman–Crippen LogP) is 3.74. The molecule has 1 fully saturated rings. The van der Waals surface area contributed by atoms with Crippen molar-refractivity contribution in [3.63, 3.8) is 0 Å². The zero-order valence-electron chi connectivity index (χ0n) is 16.1. The number of hydrogen-bond acceptors (Lipinski definition) is 4. The van der Waals surface area contributed by atoms with E-state index >= 15 is 0 Å². The molecule has 27 heavy (non-hydrogen) atoms. The number of nitrogens with zero attached hydrogens (tertiary/aromatic N) is 1. The quantitative estimate of drug-likeness (QED) is 0.809. The first-order chi connectivity index (χ1) is 13.2.